The number of benzene rings is 2. The first-order valence-electron chi connectivity index (χ1n) is 9.78. The molecule has 1 aliphatic rings. The third kappa shape index (κ3) is 5.54. The average molecular weight is 428 g/mol. The fourth-order valence-corrected chi connectivity index (χ4v) is 3.88. The molecular weight excluding hydrogens is 402 g/mol. The molecule has 2 amide bonds. The van der Waals surface area contributed by atoms with Gasteiger partial charge in [0, 0.05) is 19.2 Å². The van der Waals surface area contributed by atoms with E-state index in [2.05, 4.69) is 10.3 Å². The zero-order valence-electron chi connectivity index (χ0n) is 17.3. The lowest BCUT2D eigenvalue weighted by Crippen LogP contribution is -2.43. The summed E-state index contributed by atoms with van der Waals surface area (Å²) < 4.78 is 10.8. The van der Waals surface area contributed by atoms with Gasteiger partial charge in [-0.05, 0) is 62.4 Å². The van der Waals surface area contributed by atoms with Crippen molar-refractivity contribution in [2.24, 2.45) is 4.99 Å². The van der Waals surface area contributed by atoms with Gasteiger partial charge in [0.05, 0.1) is 18.9 Å². The maximum absolute atomic E-state index is 12.7. The van der Waals surface area contributed by atoms with E-state index in [0.717, 1.165) is 11.5 Å². The Balaban J connectivity index is 1.70. The molecule has 1 aliphatic heterocycles. The smallest absolute Gasteiger partial charge is 0.238 e. The van der Waals surface area contributed by atoms with E-state index >= 15 is 0 Å². The highest BCUT2D eigenvalue weighted by molar-refractivity contribution is 8.15. The summed E-state index contributed by atoms with van der Waals surface area (Å²) in [6, 6.07) is 14.4. The van der Waals surface area contributed by atoms with Crippen molar-refractivity contribution in [3.05, 3.63) is 48.5 Å². The summed E-state index contributed by atoms with van der Waals surface area (Å²) in [6.45, 7) is 5.00. The van der Waals surface area contributed by atoms with Crippen molar-refractivity contribution in [1.29, 1.82) is 0 Å². The summed E-state index contributed by atoms with van der Waals surface area (Å²) in [6.07, 6.45) is 0.117. The van der Waals surface area contributed by atoms with Crippen LogP contribution in [0.3, 0.4) is 0 Å². The fraction of sp³-hybridized carbons (Fsp3) is 0.318. The number of anilines is 1. The minimum Gasteiger partial charge on any atom is -0.494 e. The fourth-order valence-electron chi connectivity index (χ4n) is 2.82. The van der Waals surface area contributed by atoms with Crippen LogP contribution >= 0.6 is 11.8 Å². The Morgan fingerprint density at radius 3 is 2.20 bits per heavy atom. The molecule has 1 saturated heterocycles. The molecule has 0 aliphatic carbocycles. The number of aliphatic imine (C=N–C) groups is 1. The summed E-state index contributed by atoms with van der Waals surface area (Å²) in [5, 5.41) is 2.80. The van der Waals surface area contributed by atoms with Crippen LogP contribution < -0.4 is 14.8 Å². The number of ether oxygens (including phenoxy) is 2. The second-order valence-electron chi connectivity index (χ2n) is 6.53. The van der Waals surface area contributed by atoms with E-state index in [1.54, 1.807) is 31.3 Å². The van der Waals surface area contributed by atoms with Gasteiger partial charge in [-0.25, -0.2) is 4.99 Å². The molecule has 0 saturated carbocycles. The zero-order valence-corrected chi connectivity index (χ0v) is 18.1. The van der Waals surface area contributed by atoms with Crippen molar-refractivity contribution in [1.82, 2.24) is 4.90 Å². The number of carbonyl (C=O) groups is 2. The predicted octanol–water partition coefficient (Wildman–Crippen LogP) is 4.07. The maximum atomic E-state index is 12.7. The highest BCUT2D eigenvalue weighted by Crippen LogP contribution is 2.29. The maximum Gasteiger partial charge on any atom is 0.238 e. The summed E-state index contributed by atoms with van der Waals surface area (Å²) in [7, 11) is 1.67. The Morgan fingerprint density at radius 1 is 1.07 bits per heavy atom. The molecule has 3 rings (SSSR count). The predicted molar refractivity (Wildman–Crippen MR) is 120 cm³/mol. The Hall–Kier alpha value is -3.00. The lowest BCUT2D eigenvalue weighted by Gasteiger charge is -2.28. The van der Waals surface area contributed by atoms with Gasteiger partial charge < -0.3 is 14.8 Å². The van der Waals surface area contributed by atoms with Gasteiger partial charge in [-0.2, -0.15) is 0 Å². The van der Waals surface area contributed by atoms with Gasteiger partial charge in [-0.15, -0.1) is 0 Å². The third-order valence-electron chi connectivity index (χ3n) is 4.37. The molecule has 1 unspecified atom stereocenters. The van der Waals surface area contributed by atoms with Gasteiger partial charge in [0.25, 0.3) is 0 Å². The number of thioether (sulfide) groups is 1. The molecule has 1 heterocycles. The summed E-state index contributed by atoms with van der Waals surface area (Å²) >= 11 is 1.28. The van der Waals surface area contributed by atoms with E-state index in [4.69, 9.17) is 9.47 Å². The number of amides is 2. The molecule has 0 spiro atoms. The van der Waals surface area contributed by atoms with Crippen molar-refractivity contribution >= 4 is 40.1 Å². The number of hydrogen-bond acceptors (Lipinski definition) is 6. The Morgan fingerprint density at radius 2 is 1.63 bits per heavy atom. The van der Waals surface area contributed by atoms with Gasteiger partial charge in [-0.1, -0.05) is 11.8 Å². The molecule has 8 heteroatoms. The molecule has 158 valence electrons. The molecule has 1 fully saturated rings. The third-order valence-corrected chi connectivity index (χ3v) is 5.61. The first-order valence-corrected chi connectivity index (χ1v) is 10.7. The van der Waals surface area contributed by atoms with Crippen LogP contribution in [0.15, 0.2) is 53.5 Å². The summed E-state index contributed by atoms with van der Waals surface area (Å²) in [4.78, 5) is 31.2. The number of rotatable bonds is 7. The molecule has 30 heavy (non-hydrogen) atoms. The van der Waals surface area contributed by atoms with Crippen molar-refractivity contribution in [3.8, 4) is 11.5 Å². The van der Waals surface area contributed by atoms with Crippen molar-refractivity contribution in [2.75, 3.05) is 25.6 Å². The largest absolute Gasteiger partial charge is 0.494 e. The molecule has 7 nitrogen and oxygen atoms in total. The SMILES string of the molecule is CCOc1ccc(N=C2SC(C(=O)Nc3ccc(OCC)cc3)CC(=O)N2C)cc1. The molecule has 0 bridgehead atoms. The molecule has 2 aromatic carbocycles. The monoisotopic (exact) mass is 427 g/mol. The normalized spacial score (nSPS) is 17.7. The van der Waals surface area contributed by atoms with Crippen LogP contribution in [0.5, 0.6) is 11.5 Å². The molecule has 1 atom stereocenters. The van der Waals surface area contributed by atoms with Gasteiger partial charge in [0.15, 0.2) is 5.17 Å². The summed E-state index contributed by atoms with van der Waals surface area (Å²) in [5.41, 5.74) is 1.34. The van der Waals surface area contributed by atoms with Crippen LogP contribution in [0.2, 0.25) is 0 Å². The topological polar surface area (TPSA) is 80.2 Å². The lowest BCUT2D eigenvalue weighted by molar-refractivity contribution is -0.128. The van der Waals surface area contributed by atoms with Crippen LogP contribution in [-0.4, -0.2) is 47.4 Å². The Bertz CT molecular complexity index is 913. The first-order chi connectivity index (χ1) is 14.5. The van der Waals surface area contributed by atoms with Crippen LogP contribution in [0.1, 0.15) is 20.3 Å². The molecular formula is C22H25N3O4S. The number of nitrogens with zero attached hydrogens (tertiary/aromatic N) is 2. The van der Waals surface area contributed by atoms with Crippen molar-refractivity contribution in [2.45, 2.75) is 25.5 Å². The minimum absolute atomic E-state index is 0.117. The second-order valence-corrected chi connectivity index (χ2v) is 7.70. The van der Waals surface area contributed by atoms with Crippen LogP contribution in [0.25, 0.3) is 0 Å². The van der Waals surface area contributed by atoms with Gasteiger partial charge in [0.2, 0.25) is 11.8 Å². The van der Waals surface area contributed by atoms with E-state index < -0.39 is 5.25 Å². The van der Waals surface area contributed by atoms with E-state index in [9.17, 15) is 9.59 Å². The van der Waals surface area contributed by atoms with Crippen molar-refractivity contribution < 1.29 is 19.1 Å². The minimum atomic E-state index is -0.554. The zero-order chi connectivity index (χ0) is 21.5. The number of amidine groups is 1. The van der Waals surface area contributed by atoms with Crippen molar-refractivity contribution in [3.63, 3.8) is 0 Å². The van der Waals surface area contributed by atoms with E-state index in [-0.39, 0.29) is 18.2 Å². The van der Waals surface area contributed by atoms with Crippen LogP contribution in [0.4, 0.5) is 11.4 Å². The molecule has 2 aromatic rings. The number of carbonyl (C=O) groups excluding carboxylic acids is 2. The van der Waals surface area contributed by atoms with E-state index in [0.29, 0.717) is 29.8 Å². The first kappa shape index (κ1) is 21.7. The standard InChI is InChI=1S/C22H25N3O4S/c1-4-28-17-10-6-15(7-11-17)23-21(27)19-14-20(26)25(3)22(30-19)24-16-8-12-18(13-9-16)29-5-2/h6-13,19H,4-5,14H2,1-3H3,(H,23,27). The second kappa shape index (κ2) is 10.2. The van der Waals surface area contributed by atoms with E-state index in [1.165, 1.54) is 16.7 Å². The molecule has 0 aromatic heterocycles. The van der Waals surface area contributed by atoms with Gasteiger partial charge in [-0.3, -0.25) is 14.5 Å². The molecule has 0 radical (unpaired) electrons. The summed E-state index contributed by atoms with van der Waals surface area (Å²) in [5.74, 6) is 1.12. The highest BCUT2D eigenvalue weighted by Gasteiger charge is 2.34. The highest BCUT2D eigenvalue weighted by atomic mass is 32.2. The average Bonchev–Trinajstić information content (AvgIpc) is 2.74. The van der Waals surface area contributed by atoms with Crippen LogP contribution in [-0.2, 0) is 9.59 Å². The Kier molecular flexibility index (Phi) is 7.35. The van der Waals surface area contributed by atoms with Gasteiger partial charge >= 0.3 is 0 Å². The van der Waals surface area contributed by atoms with Crippen LogP contribution in [0, 0.1) is 0 Å². The lowest BCUT2D eigenvalue weighted by atomic mass is 10.2. The van der Waals surface area contributed by atoms with Gasteiger partial charge in [0.1, 0.15) is 16.7 Å². The quantitative estimate of drug-likeness (QED) is 0.720. The molecule has 1 N–H and O–H groups in total. The number of nitrogens with one attached hydrogen (secondary N) is 1. The number of hydrogen-bond donors (Lipinski definition) is 1. The Labute approximate surface area is 180 Å². The van der Waals surface area contributed by atoms with E-state index in [1.807, 2.05) is 38.1 Å².